The van der Waals surface area contributed by atoms with E-state index in [1.165, 1.54) is 12.8 Å². The fourth-order valence-corrected chi connectivity index (χ4v) is 2.09. The van der Waals surface area contributed by atoms with Gasteiger partial charge in [0.1, 0.15) is 17.5 Å². The molecule has 92 valence electrons. The standard InChI is InChI=1S/C12H18N4O/c13-10-5-11(14-6-8-3-4-17-7-8)16-12(15-10)9-1-2-9/h5,8-9H,1-4,6-7H2,(H3,13,14,15,16). The lowest BCUT2D eigenvalue weighted by atomic mass is 10.1. The first-order valence-electron chi connectivity index (χ1n) is 6.27. The maximum absolute atomic E-state index is 5.79. The molecular weight excluding hydrogens is 216 g/mol. The van der Waals surface area contributed by atoms with Gasteiger partial charge in [-0.1, -0.05) is 0 Å². The Labute approximate surface area is 101 Å². The Balaban J connectivity index is 1.64. The lowest BCUT2D eigenvalue weighted by molar-refractivity contribution is 0.187. The van der Waals surface area contributed by atoms with Crippen molar-refractivity contribution in [3.8, 4) is 0 Å². The van der Waals surface area contributed by atoms with Crippen molar-refractivity contribution in [1.29, 1.82) is 0 Å². The Morgan fingerprint density at radius 2 is 2.24 bits per heavy atom. The number of nitrogens with zero attached hydrogens (tertiary/aromatic N) is 2. The minimum absolute atomic E-state index is 0.536. The molecule has 1 aliphatic heterocycles. The molecule has 0 radical (unpaired) electrons. The van der Waals surface area contributed by atoms with Gasteiger partial charge in [-0.15, -0.1) is 0 Å². The number of rotatable bonds is 4. The number of nitrogens with one attached hydrogen (secondary N) is 1. The highest BCUT2D eigenvalue weighted by molar-refractivity contribution is 5.45. The second-order valence-corrected chi connectivity index (χ2v) is 4.92. The minimum Gasteiger partial charge on any atom is -0.384 e. The molecule has 1 aromatic heterocycles. The summed E-state index contributed by atoms with van der Waals surface area (Å²) < 4.78 is 5.34. The summed E-state index contributed by atoms with van der Waals surface area (Å²) in [6.07, 6.45) is 3.52. The molecule has 3 N–H and O–H groups in total. The third-order valence-corrected chi connectivity index (χ3v) is 3.30. The molecule has 0 amide bonds. The van der Waals surface area contributed by atoms with E-state index in [1.54, 1.807) is 0 Å². The molecule has 1 saturated carbocycles. The molecule has 0 bridgehead atoms. The number of aromatic nitrogens is 2. The normalized spacial score (nSPS) is 23.9. The second-order valence-electron chi connectivity index (χ2n) is 4.92. The van der Waals surface area contributed by atoms with E-state index in [-0.39, 0.29) is 0 Å². The van der Waals surface area contributed by atoms with Crippen LogP contribution in [0.1, 0.15) is 31.0 Å². The summed E-state index contributed by atoms with van der Waals surface area (Å²) in [6, 6.07) is 1.81. The van der Waals surface area contributed by atoms with E-state index >= 15 is 0 Å². The summed E-state index contributed by atoms with van der Waals surface area (Å²) >= 11 is 0. The van der Waals surface area contributed by atoms with Gasteiger partial charge in [-0.05, 0) is 19.3 Å². The van der Waals surface area contributed by atoms with Crippen LogP contribution in [0, 0.1) is 5.92 Å². The van der Waals surface area contributed by atoms with E-state index in [0.29, 0.717) is 17.7 Å². The first kappa shape index (κ1) is 10.8. The molecule has 5 heteroatoms. The van der Waals surface area contributed by atoms with Crippen molar-refractivity contribution in [2.24, 2.45) is 5.92 Å². The predicted molar refractivity (Wildman–Crippen MR) is 65.8 cm³/mol. The molecule has 1 atom stereocenters. The highest BCUT2D eigenvalue weighted by Gasteiger charge is 2.27. The molecule has 3 rings (SSSR count). The third-order valence-electron chi connectivity index (χ3n) is 3.30. The van der Waals surface area contributed by atoms with E-state index in [4.69, 9.17) is 10.5 Å². The van der Waals surface area contributed by atoms with Gasteiger partial charge in [0.05, 0.1) is 6.61 Å². The third kappa shape index (κ3) is 2.66. The highest BCUT2D eigenvalue weighted by atomic mass is 16.5. The van der Waals surface area contributed by atoms with Crippen molar-refractivity contribution in [3.63, 3.8) is 0 Å². The van der Waals surface area contributed by atoms with Gasteiger partial charge in [0.2, 0.25) is 0 Å². The second kappa shape index (κ2) is 4.49. The molecule has 0 aromatic carbocycles. The Morgan fingerprint density at radius 1 is 1.35 bits per heavy atom. The lowest BCUT2D eigenvalue weighted by Crippen LogP contribution is -2.15. The average molecular weight is 234 g/mol. The van der Waals surface area contributed by atoms with Crippen LogP contribution < -0.4 is 11.1 Å². The molecule has 2 heterocycles. The molecule has 2 aliphatic rings. The zero-order valence-corrected chi connectivity index (χ0v) is 9.85. The molecule has 5 nitrogen and oxygen atoms in total. The Morgan fingerprint density at radius 3 is 2.94 bits per heavy atom. The van der Waals surface area contributed by atoms with Crippen LogP contribution in [-0.4, -0.2) is 29.7 Å². The van der Waals surface area contributed by atoms with Crippen LogP contribution in [0.4, 0.5) is 11.6 Å². The zero-order chi connectivity index (χ0) is 11.7. The Bertz CT molecular complexity index is 399. The highest BCUT2D eigenvalue weighted by Crippen LogP contribution is 2.38. The molecule has 0 spiro atoms. The van der Waals surface area contributed by atoms with Crippen molar-refractivity contribution in [2.75, 3.05) is 30.8 Å². The Hall–Kier alpha value is -1.36. The number of anilines is 2. The summed E-state index contributed by atoms with van der Waals surface area (Å²) in [4.78, 5) is 8.79. The van der Waals surface area contributed by atoms with Crippen LogP contribution in [0.3, 0.4) is 0 Å². The summed E-state index contributed by atoms with van der Waals surface area (Å²) in [7, 11) is 0. The number of hydrogen-bond acceptors (Lipinski definition) is 5. The van der Waals surface area contributed by atoms with E-state index < -0.39 is 0 Å². The van der Waals surface area contributed by atoms with Crippen LogP contribution in [0.5, 0.6) is 0 Å². The van der Waals surface area contributed by atoms with Gasteiger partial charge in [0.15, 0.2) is 0 Å². The van der Waals surface area contributed by atoms with E-state index in [9.17, 15) is 0 Å². The van der Waals surface area contributed by atoms with Gasteiger partial charge in [0, 0.05) is 31.1 Å². The van der Waals surface area contributed by atoms with Crippen molar-refractivity contribution >= 4 is 11.6 Å². The number of ether oxygens (including phenoxy) is 1. The minimum atomic E-state index is 0.536. The number of nitrogen functional groups attached to an aromatic ring is 1. The summed E-state index contributed by atoms with van der Waals surface area (Å²) in [5.74, 6) is 3.44. The monoisotopic (exact) mass is 234 g/mol. The molecule has 1 saturated heterocycles. The zero-order valence-electron chi connectivity index (χ0n) is 9.85. The first-order chi connectivity index (χ1) is 8.31. The first-order valence-corrected chi connectivity index (χ1v) is 6.27. The van der Waals surface area contributed by atoms with Crippen molar-refractivity contribution < 1.29 is 4.74 Å². The van der Waals surface area contributed by atoms with Crippen LogP contribution in [-0.2, 0) is 4.74 Å². The van der Waals surface area contributed by atoms with Gasteiger partial charge in [-0.3, -0.25) is 0 Å². The lowest BCUT2D eigenvalue weighted by Gasteiger charge is -2.11. The predicted octanol–water partition coefficient (Wildman–Crippen LogP) is 1.38. The average Bonchev–Trinajstić information content (AvgIpc) is 3.04. The molecule has 2 fully saturated rings. The molecule has 1 unspecified atom stereocenters. The van der Waals surface area contributed by atoms with Gasteiger partial charge in [-0.25, -0.2) is 9.97 Å². The molecular formula is C12H18N4O. The summed E-state index contributed by atoms with van der Waals surface area (Å²) in [5.41, 5.74) is 5.79. The molecule has 17 heavy (non-hydrogen) atoms. The van der Waals surface area contributed by atoms with Gasteiger partial charge < -0.3 is 15.8 Å². The maximum atomic E-state index is 5.79. The summed E-state index contributed by atoms with van der Waals surface area (Å²) in [5, 5.41) is 3.34. The van der Waals surface area contributed by atoms with Gasteiger partial charge >= 0.3 is 0 Å². The van der Waals surface area contributed by atoms with Crippen LogP contribution in [0.25, 0.3) is 0 Å². The van der Waals surface area contributed by atoms with E-state index in [1.807, 2.05) is 6.07 Å². The largest absolute Gasteiger partial charge is 0.384 e. The van der Waals surface area contributed by atoms with Gasteiger partial charge in [-0.2, -0.15) is 0 Å². The maximum Gasteiger partial charge on any atom is 0.136 e. The van der Waals surface area contributed by atoms with Crippen molar-refractivity contribution in [1.82, 2.24) is 9.97 Å². The van der Waals surface area contributed by atoms with Crippen LogP contribution >= 0.6 is 0 Å². The van der Waals surface area contributed by atoms with Crippen LogP contribution in [0.2, 0.25) is 0 Å². The SMILES string of the molecule is Nc1cc(NCC2CCOC2)nc(C2CC2)n1. The Kier molecular flexibility index (Phi) is 2.84. The van der Waals surface area contributed by atoms with Crippen molar-refractivity contribution in [3.05, 3.63) is 11.9 Å². The number of hydrogen-bond donors (Lipinski definition) is 2. The fraction of sp³-hybridized carbons (Fsp3) is 0.667. The quantitative estimate of drug-likeness (QED) is 0.823. The van der Waals surface area contributed by atoms with E-state index in [2.05, 4.69) is 15.3 Å². The molecule has 1 aromatic rings. The fourth-order valence-electron chi connectivity index (χ4n) is 2.09. The topological polar surface area (TPSA) is 73.1 Å². The van der Waals surface area contributed by atoms with Crippen LogP contribution in [0.15, 0.2) is 6.07 Å². The number of nitrogens with two attached hydrogens (primary N) is 1. The summed E-state index contributed by atoms with van der Waals surface area (Å²) in [6.45, 7) is 2.63. The van der Waals surface area contributed by atoms with E-state index in [0.717, 1.165) is 37.8 Å². The molecule has 1 aliphatic carbocycles. The van der Waals surface area contributed by atoms with Gasteiger partial charge in [0.25, 0.3) is 0 Å². The smallest absolute Gasteiger partial charge is 0.136 e. The van der Waals surface area contributed by atoms with Crippen molar-refractivity contribution in [2.45, 2.75) is 25.2 Å².